The standard InChI is InChI=1S/C28H30BrFN2O2S/c1-2-16-31-28(34)26(17-21-8-4-3-5-9-21)32(18-23-10-6-7-11-25(23)30)27(33)20-35-19-22-12-14-24(29)15-13-22/h3-15,26H,2,16-20H2,1H3,(H,31,34). The number of carbonyl (C=O) groups is 2. The van der Waals surface area contributed by atoms with Gasteiger partial charge in [-0.1, -0.05) is 83.5 Å². The van der Waals surface area contributed by atoms with Crippen molar-refractivity contribution in [3.63, 3.8) is 0 Å². The highest BCUT2D eigenvalue weighted by atomic mass is 79.9. The van der Waals surface area contributed by atoms with Crippen LogP contribution < -0.4 is 5.32 Å². The maximum atomic E-state index is 14.6. The molecule has 0 saturated carbocycles. The average Bonchev–Trinajstić information content (AvgIpc) is 2.87. The molecule has 35 heavy (non-hydrogen) atoms. The van der Waals surface area contributed by atoms with Gasteiger partial charge in [0.1, 0.15) is 11.9 Å². The van der Waals surface area contributed by atoms with Gasteiger partial charge in [0, 0.05) is 35.3 Å². The van der Waals surface area contributed by atoms with Gasteiger partial charge in [-0.05, 0) is 35.7 Å². The van der Waals surface area contributed by atoms with E-state index in [4.69, 9.17) is 0 Å². The Morgan fingerprint density at radius 3 is 2.34 bits per heavy atom. The van der Waals surface area contributed by atoms with E-state index in [0.29, 0.717) is 24.3 Å². The van der Waals surface area contributed by atoms with Crippen LogP contribution in [0.15, 0.2) is 83.3 Å². The van der Waals surface area contributed by atoms with E-state index in [0.717, 1.165) is 22.0 Å². The third-order valence-corrected chi connectivity index (χ3v) is 7.04. The molecule has 184 valence electrons. The number of nitrogens with one attached hydrogen (secondary N) is 1. The van der Waals surface area contributed by atoms with Crippen molar-refractivity contribution < 1.29 is 14.0 Å². The Morgan fingerprint density at radius 1 is 0.971 bits per heavy atom. The van der Waals surface area contributed by atoms with Crippen LogP contribution >= 0.6 is 27.7 Å². The number of halogens is 2. The van der Waals surface area contributed by atoms with Crippen LogP contribution in [0.2, 0.25) is 0 Å². The van der Waals surface area contributed by atoms with Gasteiger partial charge < -0.3 is 10.2 Å². The molecule has 0 aliphatic heterocycles. The molecule has 0 radical (unpaired) electrons. The Bertz CT molecular complexity index is 1100. The molecular weight excluding hydrogens is 527 g/mol. The van der Waals surface area contributed by atoms with Crippen molar-refractivity contribution >= 4 is 39.5 Å². The third kappa shape index (κ3) is 8.51. The first-order valence-electron chi connectivity index (χ1n) is 11.6. The molecule has 1 N–H and O–H groups in total. The van der Waals surface area contributed by atoms with Gasteiger partial charge >= 0.3 is 0 Å². The fourth-order valence-corrected chi connectivity index (χ4v) is 4.78. The van der Waals surface area contributed by atoms with Crippen LogP contribution in [0.25, 0.3) is 0 Å². The summed E-state index contributed by atoms with van der Waals surface area (Å²) >= 11 is 4.92. The van der Waals surface area contributed by atoms with Crippen LogP contribution in [-0.2, 0) is 28.3 Å². The lowest BCUT2D eigenvalue weighted by Crippen LogP contribution is -2.51. The molecule has 2 amide bonds. The first-order chi connectivity index (χ1) is 17.0. The van der Waals surface area contributed by atoms with E-state index in [-0.39, 0.29) is 29.9 Å². The molecule has 1 atom stereocenters. The van der Waals surface area contributed by atoms with Gasteiger partial charge in [-0.2, -0.15) is 0 Å². The van der Waals surface area contributed by atoms with Crippen LogP contribution in [0.1, 0.15) is 30.0 Å². The Balaban J connectivity index is 1.83. The summed E-state index contributed by atoms with van der Waals surface area (Å²) in [6.07, 6.45) is 1.14. The summed E-state index contributed by atoms with van der Waals surface area (Å²) in [7, 11) is 0. The summed E-state index contributed by atoms with van der Waals surface area (Å²) in [6.45, 7) is 2.53. The van der Waals surface area contributed by atoms with Crippen molar-refractivity contribution in [2.24, 2.45) is 0 Å². The van der Waals surface area contributed by atoms with Crippen molar-refractivity contribution in [3.05, 3.63) is 106 Å². The number of hydrogen-bond donors (Lipinski definition) is 1. The van der Waals surface area contributed by atoms with Crippen molar-refractivity contribution in [2.45, 2.75) is 38.1 Å². The highest BCUT2D eigenvalue weighted by molar-refractivity contribution is 9.10. The molecule has 0 aromatic heterocycles. The maximum Gasteiger partial charge on any atom is 0.243 e. The van der Waals surface area contributed by atoms with Gasteiger partial charge in [-0.3, -0.25) is 9.59 Å². The average molecular weight is 558 g/mol. The highest BCUT2D eigenvalue weighted by Gasteiger charge is 2.30. The minimum atomic E-state index is -0.746. The number of nitrogens with zero attached hydrogens (tertiary/aromatic N) is 1. The minimum Gasteiger partial charge on any atom is -0.354 e. The summed E-state index contributed by atoms with van der Waals surface area (Å²) < 4.78 is 15.6. The molecule has 0 heterocycles. The van der Waals surface area contributed by atoms with Gasteiger partial charge in [0.25, 0.3) is 0 Å². The van der Waals surface area contributed by atoms with Crippen LogP contribution in [0.3, 0.4) is 0 Å². The SMILES string of the molecule is CCCNC(=O)C(Cc1ccccc1)N(Cc1ccccc1F)C(=O)CSCc1ccc(Br)cc1. The number of hydrogen-bond acceptors (Lipinski definition) is 3. The first kappa shape index (κ1) is 27.0. The van der Waals surface area contributed by atoms with Crippen LogP contribution in [-0.4, -0.2) is 35.1 Å². The first-order valence-corrected chi connectivity index (χ1v) is 13.6. The molecule has 0 aliphatic rings. The topological polar surface area (TPSA) is 49.4 Å². The van der Waals surface area contributed by atoms with Gasteiger partial charge in [-0.15, -0.1) is 11.8 Å². The normalized spacial score (nSPS) is 11.6. The summed E-state index contributed by atoms with van der Waals surface area (Å²) in [4.78, 5) is 28.3. The quantitative estimate of drug-likeness (QED) is 0.298. The van der Waals surface area contributed by atoms with E-state index >= 15 is 0 Å². The molecule has 0 fully saturated rings. The summed E-state index contributed by atoms with van der Waals surface area (Å²) in [6, 6.07) is 23.2. The molecular formula is C28H30BrFN2O2S. The van der Waals surface area contributed by atoms with E-state index in [1.54, 1.807) is 18.2 Å². The van der Waals surface area contributed by atoms with E-state index in [1.165, 1.54) is 22.7 Å². The minimum absolute atomic E-state index is 0.0292. The number of carbonyl (C=O) groups excluding carboxylic acids is 2. The van der Waals surface area contributed by atoms with Crippen molar-refractivity contribution in [3.8, 4) is 0 Å². The van der Waals surface area contributed by atoms with Gasteiger partial charge in [0.2, 0.25) is 11.8 Å². The van der Waals surface area contributed by atoms with Crippen molar-refractivity contribution in [2.75, 3.05) is 12.3 Å². The van der Waals surface area contributed by atoms with E-state index in [2.05, 4.69) is 21.2 Å². The Morgan fingerprint density at radius 2 is 1.66 bits per heavy atom. The molecule has 0 bridgehead atoms. The zero-order chi connectivity index (χ0) is 25.0. The Kier molecular flexibility index (Phi) is 10.8. The monoisotopic (exact) mass is 556 g/mol. The van der Waals surface area contributed by atoms with Crippen molar-refractivity contribution in [1.82, 2.24) is 10.2 Å². The molecule has 7 heteroatoms. The molecule has 3 aromatic carbocycles. The van der Waals surface area contributed by atoms with Crippen LogP contribution in [0, 0.1) is 5.82 Å². The largest absolute Gasteiger partial charge is 0.354 e. The molecule has 3 aromatic rings. The Hall–Kier alpha value is -2.64. The molecule has 0 spiro atoms. The lowest BCUT2D eigenvalue weighted by atomic mass is 10.0. The van der Waals surface area contributed by atoms with Gasteiger partial charge in [0.05, 0.1) is 5.75 Å². The summed E-state index contributed by atoms with van der Waals surface area (Å²) in [5, 5.41) is 2.94. The molecule has 0 aliphatic carbocycles. The predicted molar refractivity (Wildman–Crippen MR) is 144 cm³/mol. The zero-order valence-corrected chi connectivity index (χ0v) is 22.2. The van der Waals surface area contributed by atoms with Crippen molar-refractivity contribution in [1.29, 1.82) is 0 Å². The lowest BCUT2D eigenvalue weighted by Gasteiger charge is -2.31. The number of benzene rings is 3. The van der Waals surface area contributed by atoms with Gasteiger partial charge in [-0.25, -0.2) is 4.39 Å². The summed E-state index contributed by atoms with van der Waals surface area (Å²) in [5.74, 6) is 0.0518. The number of rotatable bonds is 12. The van der Waals surface area contributed by atoms with Crippen LogP contribution in [0.5, 0.6) is 0 Å². The third-order valence-electron chi connectivity index (χ3n) is 5.53. The second kappa shape index (κ2) is 14.0. The molecule has 3 rings (SSSR count). The number of thioether (sulfide) groups is 1. The maximum absolute atomic E-state index is 14.6. The predicted octanol–water partition coefficient (Wildman–Crippen LogP) is 5.99. The fraction of sp³-hybridized carbons (Fsp3) is 0.286. The second-order valence-electron chi connectivity index (χ2n) is 8.23. The van der Waals surface area contributed by atoms with Gasteiger partial charge in [0.15, 0.2) is 0 Å². The molecule has 0 saturated heterocycles. The zero-order valence-electron chi connectivity index (χ0n) is 19.8. The molecule has 4 nitrogen and oxygen atoms in total. The smallest absolute Gasteiger partial charge is 0.243 e. The highest BCUT2D eigenvalue weighted by Crippen LogP contribution is 2.20. The Labute approximate surface area is 219 Å². The van der Waals surface area contributed by atoms with E-state index in [9.17, 15) is 14.0 Å². The molecule has 1 unspecified atom stereocenters. The van der Waals surface area contributed by atoms with Crippen LogP contribution in [0.4, 0.5) is 4.39 Å². The number of amides is 2. The van der Waals surface area contributed by atoms with E-state index in [1.807, 2.05) is 61.5 Å². The fourth-order valence-electron chi connectivity index (χ4n) is 3.65. The van der Waals surface area contributed by atoms with E-state index < -0.39 is 6.04 Å². The second-order valence-corrected chi connectivity index (χ2v) is 10.1. The summed E-state index contributed by atoms with van der Waals surface area (Å²) in [5.41, 5.74) is 2.44. The lowest BCUT2D eigenvalue weighted by molar-refractivity contribution is -0.139.